The Labute approximate surface area is 136 Å². The average molecular weight is 390 g/mol. The van der Waals surface area contributed by atoms with Gasteiger partial charge in [0.05, 0.1) is 5.75 Å². The second kappa shape index (κ2) is 6.81. The minimum Gasteiger partial charge on any atom is -0.284 e. The van der Waals surface area contributed by atoms with Crippen LogP contribution in [-0.2, 0) is 10.0 Å². The molecule has 1 N–H and O–H groups in total. The number of anilines is 1. The molecule has 0 unspecified atom stereocenters. The van der Waals surface area contributed by atoms with Gasteiger partial charge in [0.2, 0.25) is 10.0 Å². The van der Waals surface area contributed by atoms with Crippen LogP contribution < -0.4 is 4.72 Å². The van der Waals surface area contributed by atoms with Crippen molar-refractivity contribution in [3.63, 3.8) is 0 Å². The lowest BCUT2D eigenvalue weighted by Crippen LogP contribution is -2.14. The molecular formula is C14H13BrFNO2S2. The number of sulfonamides is 1. The topological polar surface area (TPSA) is 46.2 Å². The summed E-state index contributed by atoms with van der Waals surface area (Å²) in [6.45, 7) is 1.58. The molecule has 0 aliphatic heterocycles. The maximum atomic E-state index is 12.9. The fourth-order valence-corrected chi connectivity index (χ4v) is 3.60. The van der Waals surface area contributed by atoms with Crippen LogP contribution in [0.3, 0.4) is 0 Å². The zero-order valence-corrected chi connectivity index (χ0v) is 14.4. The van der Waals surface area contributed by atoms with Crippen molar-refractivity contribution in [2.45, 2.75) is 16.7 Å². The number of halogens is 2. The van der Waals surface area contributed by atoms with Gasteiger partial charge in [0.1, 0.15) is 5.82 Å². The second-order valence-corrected chi connectivity index (χ2v) is 8.19. The molecule has 0 atom stereocenters. The van der Waals surface area contributed by atoms with Crippen LogP contribution in [0, 0.1) is 5.82 Å². The lowest BCUT2D eigenvalue weighted by atomic mass is 10.3. The van der Waals surface area contributed by atoms with Gasteiger partial charge in [0.15, 0.2) is 0 Å². The number of benzene rings is 2. The van der Waals surface area contributed by atoms with Gasteiger partial charge in [-0.1, -0.05) is 11.8 Å². The van der Waals surface area contributed by atoms with Crippen molar-refractivity contribution >= 4 is 43.4 Å². The maximum absolute atomic E-state index is 12.9. The molecule has 7 heteroatoms. The molecule has 0 bridgehead atoms. The van der Waals surface area contributed by atoms with Gasteiger partial charge in [-0.25, -0.2) is 12.8 Å². The van der Waals surface area contributed by atoms with E-state index in [4.69, 9.17) is 0 Å². The largest absolute Gasteiger partial charge is 0.284 e. The molecule has 21 heavy (non-hydrogen) atoms. The van der Waals surface area contributed by atoms with Crippen molar-refractivity contribution in [3.05, 3.63) is 52.8 Å². The first-order chi connectivity index (χ1) is 9.89. The molecule has 0 saturated carbocycles. The molecule has 112 valence electrons. The van der Waals surface area contributed by atoms with Crippen molar-refractivity contribution in [3.8, 4) is 0 Å². The fraction of sp³-hybridized carbons (Fsp3) is 0.143. The molecule has 0 spiro atoms. The number of nitrogens with one attached hydrogen (secondary N) is 1. The summed E-state index contributed by atoms with van der Waals surface area (Å²) < 4.78 is 39.2. The molecular weight excluding hydrogens is 377 g/mol. The Morgan fingerprint density at radius 2 is 1.86 bits per heavy atom. The first-order valence-corrected chi connectivity index (χ1v) is 9.39. The third-order valence-electron chi connectivity index (χ3n) is 2.63. The number of hydrogen-bond acceptors (Lipinski definition) is 3. The molecule has 0 amide bonds. The highest BCUT2D eigenvalue weighted by Gasteiger charge is 2.09. The van der Waals surface area contributed by atoms with Crippen LogP contribution in [0.2, 0.25) is 0 Å². The molecule has 0 radical (unpaired) electrons. The molecule has 2 aromatic carbocycles. The summed E-state index contributed by atoms with van der Waals surface area (Å²) in [6, 6.07) is 11.4. The second-order valence-electron chi connectivity index (χ2n) is 4.21. The molecule has 2 rings (SSSR count). The summed E-state index contributed by atoms with van der Waals surface area (Å²) in [5.74, 6) is -0.251. The van der Waals surface area contributed by atoms with Crippen molar-refractivity contribution in [2.75, 3.05) is 10.5 Å². The molecule has 3 nitrogen and oxygen atoms in total. The molecule has 0 aliphatic carbocycles. The summed E-state index contributed by atoms with van der Waals surface area (Å²) >= 11 is 4.88. The molecule has 0 heterocycles. The van der Waals surface area contributed by atoms with Gasteiger partial charge in [0.25, 0.3) is 0 Å². The van der Waals surface area contributed by atoms with E-state index in [0.29, 0.717) is 5.69 Å². The normalized spacial score (nSPS) is 11.4. The van der Waals surface area contributed by atoms with E-state index in [2.05, 4.69) is 20.7 Å². The van der Waals surface area contributed by atoms with E-state index >= 15 is 0 Å². The minimum atomic E-state index is -3.29. The Morgan fingerprint density at radius 3 is 2.43 bits per heavy atom. The van der Waals surface area contributed by atoms with Crippen molar-refractivity contribution in [1.82, 2.24) is 0 Å². The molecule has 0 aromatic heterocycles. The average Bonchev–Trinajstić information content (AvgIpc) is 2.44. The van der Waals surface area contributed by atoms with Crippen molar-refractivity contribution in [2.24, 2.45) is 0 Å². The van der Waals surface area contributed by atoms with E-state index in [-0.39, 0.29) is 11.6 Å². The number of rotatable bonds is 5. The van der Waals surface area contributed by atoms with Crippen LogP contribution >= 0.6 is 27.7 Å². The van der Waals surface area contributed by atoms with Gasteiger partial charge in [-0.2, -0.15) is 0 Å². The van der Waals surface area contributed by atoms with E-state index in [9.17, 15) is 12.8 Å². The minimum absolute atomic E-state index is 0.0245. The Morgan fingerprint density at radius 1 is 1.19 bits per heavy atom. The monoisotopic (exact) mass is 389 g/mol. The summed E-state index contributed by atoms with van der Waals surface area (Å²) in [7, 11) is -3.29. The smallest absolute Gasteiger partial charge is 0.232 e. The highest BCUT2D eigenvalue weighted by Crippen LogP contribution is 2.35. The zero-order chi connectivity index (χ0) is 15.5. The van der Waals surface area contributed by atoms with Gasteiger partial charge in [-0.15, -0.1) is 0 Å². The third kappa shape index (κ3) is 4.72. The predicted molar refractivity (Wildman–Crippen MR) is 87.7 cm³/mol. The molecule has 0 saturated heterocycles. The lowest BCUT2D eigenvalue weighted by molar-refractivity contribution is 0.602. The standard InChI is InChI=1S/C14H13BrFNO2S2/c1-2-21(18,19)17-11-5-8-14(13(15)9-11)20-12-6-3-10(16)4-7-12/h3-9,17H,2H2,1H3. The summed E-state index contributed by atoms with van der Waals surface area (Å²) in [5.41, 5.74) is 0.507. The van der Waals surface area contributed by atoms with Crippen LogP contribution in [0.5, 0.6) is 0 Å². The summed E-state index contributed by atoms with van der Waals surface area (Å²) in [4.78, 5) is 1.82. The van der Waals surface area contributed by atoms with E-state index in [1.807, 2.05) is 6.07 Å². The van der Waals surface area contributed by atoms with Crippen molar-refractivity contribution < 1.29 is 12.8 Å². The lowest BCUT2D eigenvalue weighted by Gasteiger charge is -2.09. The van der Waals surface area contributed by atoms with Crippen LogP contribution in [-0.4, -0.2) is 14.2 Å². The highest BCUT2D eigenvalue weighted by molar-refractivity contribution is 9.10. The summed E-state index contributed by atoms with van der Waals surface area (Å²) in [5, 5.41) is 0. The number of hydrogen-bond donors (Lipinski definition) is 1. The fourth-order valence-electron chi connectivity index (χ4n) is 1.53. The van der Waals surface area contributed by atoms with Crippen LogP contribution in [0.15, 0.2) is 56.7 Å². The predicted octanol–water partition coefficient (Wildman–Crippen LogP) is 4.50. The van der Waals surface area contributed by atoms with E-state index in [1.165, 1.54) is 23.9 Å². The Kier molecular flexibility index (Phi) is 5.29. The Balaban J connectivity index is 2.18. The Bertz CT molecular complexity index is 733. The van der Waals surface area contributed by atoms with Gasteiger partial charge >= 0.3 is 0 Å². The van der Waals surface area contributed by atoms with Gasteiger partial charge < -0.3 is 0 Å². The van der Waals surface area contributed by atoms with Crippen LogP contribution in [0.25, 0.3) is 0 Å². The third-order valence-corrected chi connectivity index (χ3v) is 5.94. The van der Waals surface area contributed by atoms with Gasteiger partial charge in [0, 0.05) is 20.0 Å². The molecule has 2 aromatic rings. The SMILES string of the molecule is CCS(=O)(=O)Nc1ccc(Sc2ccc(F)cc2)c(Br)c1. The highest BCUT2D eigenvalue weighted by atomic mass is 79.9. The van der Waals surface area contributed by atoms with Crippen LogP contribution in [0.1, 0.15) is 6.92 Å². The first kappa shape index (κ1) is 16.3. The van der Waals surface area contributed by atoms with E-state index < -0.39 is 10.0 Å². The van der Waals surface area contributed by atoms with Gasteiger partial charge in [-0.3, -0.25) is 4.72 Å². The van der Waals surface area contributed by atoms with Gasteiger partial charge in [-0.05, 0) is 65.3 Å². The molecule has 0 fully saturated rings. The Hall–Kier alpha value is -1.05. The quantitative estimate of drug-likeness (QED) is 0.818. The first-order valence-electron chi connectivity index (χ1n) is 6.13. The van der Waals surface area contributed by atoms with E-state index in [1.54, 1.807) is 31.2 Å². The zero-order valence-electron chi connectivity index (χ0n) is 11.1. The van der Waals surface area contributed by atoms with E-state index in [0.717, 1.165) is 14.3 Å². The van der Waals surface area contributed by atoms with Crippen LogP contribution in [0.4, 0.5) is 10.1 Å². The summed E-state index contributed by atoms with van der Waals surface area (Å²) in [6.07, 6.45) is 0. The van der Waals surface area contributed by atoms with Crippen molar-refractivity contribution in [1.29, 1.82) is 0 Å². The maximum Gasteiger partial charge on any atom is 0.232 e. The molecule has 0 aliphatic rings.